The van der Waals surface area contributed by atoms with Crippen LogP contribution in [-0.2, 0) is 9.83 Å². The van der Waals surface area contributed by atoms with Gasteiger partial charge in [0.15, 0.2) is 0 Å². The van der Waals surface area contributed by atoms with Crippen molar-refractivity contribution in [1.29, 1.82) is 0 Å². The molecule has 0 saturated heterocycles. The predicted octanol–water partition coefficient (Wildman–Crippen LogP) is 4.01. The number of benzene rings is 2. The van der Waals surface area contributed by atoms with Gasteiger partial charge in [-0.3, -0.25) is 0 Å². The fraction of sp³-hybridized carbons (Fsp3) is 0.125. The molecule has 1 heterocycles. The maximum absolute atomic E-state index is 11.9. The Kier molecular flexibility index (Phi) is 3.85. The van der Waals surface area contributed by atoms with E-state index in [2.05, 4.69) is 36.4 Å². The molecule has 0 spiro atoms. The largest absolute Gasteiger partial charge is 0.248 e. The van der Waals surface area contributed by atoms with Crippen molar-refractivity contribution in [2.24, 2.45) is 0 Å². The van der Waals surface area contributed by atoms with E-state index >= 15 is 0 Å². The summed E-state index contributed by atoms with van der Waals surface area (Å²) in [7, 11) is 0.727. The monoisotopic (exact) mass is 286 g/mol. The van der Waals surface area contributed by atoms with Gasteiger partial charge >= 0.3 is 0 Å². The van der Waals surface area contributed by atoms with Crippen LogP contribution in [0.5, 0.6) is 0 Å². The summed E-state index contributed by atoms with van der Waals surface area (Å²) in [6.45, 7) is 0. The Bertz CT molecular complexity index is 618. The van der Waals surface area contributed by atoms with E-state index in [9.17, 15) is 4.21 Å². The second-order valence-corrected chi connectivity index (χ2v) is 7.64. The first-order chi connectivity index (χ1) is 9.34. The molecule has 19 heavy (non-hydrogen) atoms. The Hall–Kier alpha value is -1.32. The predicted molar refractivity (Wildman–Crippen MR) is 85.2 cm³/mol. The molecule has 0 fully saturated rings. The lowest BCUT2D eigenvalue weighted by atomic mass is 9.97. The lowest BCUT2D eigenvalue weighted by Crippen LogP contribution is -2.08. The SMILES string of the molecule is O=S1CC(c2ccccc2)=C(c2ccccc2)CS1. The van der Waals surface area contributed by atoms with E-state index < -0.39 is 9.83 Å². The highest BCUT2D eigenvalue weighted by Crippen LogP contribution is 2.36. The highest BCUT2D eigenvalue weighted by Gasteiger charge is 2.20. The smallest absolute Gasteiger partial charge is 0.0852 e. The van der Waals surface area contributed by atoms with E-state index in [4.69, 9.17) is 0 Å². The molecule has 1 unspecified atom stereocenters. The summed E-state index contributed by atoms with van der Waals surface area (Å²) in [5.74, 6) is 1.46. The first-order valence-electron chi connectivity index (χ1n) is 6.19. The second-order valence-electron chi connectivity index (χ2n) is 4.40. The van der Waals surface area contributed by atoms with E-state index in [1.807, 2.05) is 24.3 Å². The Morgan fingerprint density at radius 2 is 1.32 bits per heavy atom. The molecule has 2 aromatic rings. The van der Waals surface area contributed by atoms with E-state index in [0.717, 1.165) is 5.75 Å². The van der Waals surface area contributed by atoms with Crippen LogP contribution in [0.3, 0.4) is 0 Å². The quantitative estimate of drug-likeness (QED) is 0.776. The standard InChI is InChI=1S/C16H14OS2/c17-19-12-16(14-9-5-2-6-10-14)15(11-18-19)13-7-3-1-4-8-13/h1-10H,11-12H2. The van der Waals surface area contributed by atoms with Gasteiger partial charge in [-0.05, 0) is 22.3 Å². The van der Waals surface area contributed by atoms with Gasteiger partial charge in [-0.15, -0.1) is 0 Å². The average Bonchev–Trinajstić information content (AvgIpc) is 2.49. The van der Waals surface area contributed by atoms with Gasteiger partial charge < -0.3 is 0 Å². The van der Waals surface area contributed by atoms with Crippen molar-refractivity contribution in [3.63, 3.8) is 0 Å². The van der Waals surface area contributed by atoms with Crippen LogP contribution in [0.2, 0.25) is 0 Å². The summed E-state index contributed by atoms with van der Waals surface area (Å²) >= 11 is 0. The molecule has 1 aliphatic heterocycles. The number of hydrogen-bond donors (Lipinski definition) is 0. The van der Waals surface area contributed by atoms with Crippen molar-refractivity contribution in [2.45, 2.75) is 0 Å². The normalized spacial score (nSPS) is 19.5. The fourth-order valence-electron chi connectivity index (χ4n) is 2.25. The van der Waals surface area contributed by atoms with Crippen LogP contribution in [0.25, 0.3) is 11.1 Å². The minimum atomic E-state index is -0.806. The molecule has 3 rings (SSSR count). The molecular formula is C16H14OS2. The minimum absolute atomic E-state index is 0.638. The summed E-state index contributed by atoms with van der Waals surface area (Å²) in [6.07, 6.45) is 0. The molecule has 0 radical (unpaired) electrons. The molecule has 0 aliphatic carbocycles. The van der Waals surface area contributed by atoms with Crippen LogP contribution in [-0.4, -0.2) is 15.7 Å². The maximum Gasteiger partial charge on any atom is 0.0852 e. The van der Waals surface area contributed by atoms with Crippen molar-refractivity contribution in [3.8, 4) is 0 Å². The fourth-order valence-corrected chi connectivity index (χ4v) is 4.85. The summed E-state index contributed by atoms with van der Waals surface area (Å²) in [5.41, 5.74) is 4.97. The highest BCUT2D eigenvalue weighted by atomic mass is 33.1. The Balaban J connectivity index is 2.13. The van der Waals surface area contributed by atoms with Gasteiger partial charge in [-0.1, -0.05) is 71.5 Å². The van der Waals surface area contributed by atoms with Gasteiger partial charge in [-0.2, -0.15) is 0 Å². The molecule has 0 N–H and O–H groups in total. The van der Waals surface area contributed by atoms with Crippen molar-refractivity contribution >= 4 is 31.8 Å². The molecule has 2 aromatic carbocycles. The highest BCUT2D eigenvalue weighted by molar-refractivity contribution is 8.69. The first kappa shape index (κ1) is 12.7. The van der Waals surface area contributed by atoms with Crippen LogP contribution >= 0.6 is 10.8 Å². The van der Waals surface area contributed by atoms with E-state index in [1.165, 1.54) is 33.1 Å². The van der Waals surface area contributed by atoms with Crippen LogP contribution < -0.4 is 0 Å². The summed E-state index contributed by atoms with van der Waals surface area (Å²) in [4.78, 5) is 0. The van der Waals surface area contributed by atoms with Crippen molar-refractivity contribution in [2.75, 3.05) is 11.5 Å². The van der Waals surface area contributed by atoms with Crippen LogP contribution in [0.4, 0.5) is 0 Å². The zero-order valence-corrected chi connectivity index (χ0v) is 12.0. The van der Waals surface area contributed by atoms with Crippen LogP contribution in [0, 0.1) is 0 Å². The molecule has 0 bridgehead atoms. The Morgan fingerprint density at radius 3 is 1.89 bits per heavy atom. The topological polar surface area (TPSA) is 17.1 Å². The molecule has 96 valence electrons. The Morgan fingerprint density at radius 1 is 0.789 bits per heavy atom. The van der Waals surface area contributed by atoms with Crippen molar-refractivity contribution in [1.82, 2.24) is 0 Å². The van der Waals surface area contributed by atoms with E-state index in [1.54, 1.807) is 0 Å². The minimum Gasteiger partial charge on any atom is -0.248 e. The average molecular weight is 286 g/mol. The summed E-state index contributed by atoms with van der Waals surface area (Å²) in [5, 5.41) is 0. The van der Waals surface area contributed by atoms with Crippen molar-refractivity contribution < 1.29 is 4.21 Å². The van der Waals surface area contributed by atoms with Gasteiger partial charge in [0.25, 0.3) is 0 Å². The molecule has 0 aromatic heterocycles. The molecule has 0 saturated carbocycles. The van der Waals surface area contributed by atoms with E-state index in [-0.39, 0.29) is 0 Å². The molecule has 1 aliphatic rings. The zero-order valence-electron chi connectivity index (χ0n) is 10.4. The molecule has 0 amide bonds. The molecule has 1 atom stereocenters. The van der Waals surface area contributed by atoms with Gasteiger partial charge in [0.05, 0.1) is 15.6 Å². The third-order valence-corrected chi connectivity index (χ3v) is 5.90. The van der Waals surface area contributed by atoms with Gasteiger partial charge in [0.2, 0.25) is 0 Å². The molecular weight excluding hydrogens is 272 g/mol. The summed E-state index contributed by atoms with van der Waals surface area (Å²) in [6, 6.07) is 20.7. The Labute approximate surface area is 119 Å². The lowest BCUT2D eigenvalue weighted by molar-refractivity contribution is 0.693. The lowest BCUT2D eigenvalue weighted by Gasteiger charge is -2.20. The van der Waals surface area contributed by atoms with Gasteiger partial charge in [0, 0.05) is 5.75 Å². The molecule has 1 nitrogen and oxygen atoms in total. The third-order valence-electron chi connectivity index (χ3n) is 3.21. The van der Waals surface area contributed by atoms with E-state index in [0.29, 0.717) is 5.75 Å². The molecule has 3 heteroatoms. The number of hydrogen-bond acceptors (Lipinski definition) is 2. The third kappa shape index (κ3) is 2.82. The van der Waals surface area contributed by atoms with Gasteiger partial charge in [-0.25, -0.2) is 4.21 Å². The number of rotatable bonds is 2. The maximum atomic E-state index is 11.9. The first-order valence-corrected chi connectivity index (χ1v) is 9.01. The van der Waals surface area contributed by atoms with Crippen LogP contribution in [0.15, 0.2) is 60.7 Å². The van der Waals surface area contributed by atoms with Gasteiger partial charge in [0.1, 0.15) is 0 Å². The zero-order chi connectivity index (χ0) is 13.1. The van der Waals surface area contributed by atoms with Crippen molar-refractivity contribution in [3.05, 3.63) is 71.8 Å². The van der Waals surface area contributed by atoms with Crippen LogP contribution in [0.1, 0.15) is 11.1 Å². The summed E-state index contributed by atoms with van der Waals surface area (Å²) < 4.78 is 11.9. The second kappa shape index (κ2) is 5.76.